The summed E-state index contributed by atoms with van der Waals surface area (Å²) < 4.78 is 0. The highest BCUT2D eigenvalue weighted by Crippen LogP contribution is 2.50. The number of rotatable bonds is 6. The molecule has 0 radical (unpaired) electrons. The molecular weight excluding hydrogens is 653 g/mol. The van der Waals surface area contributed by atoms with Crippen LogP contribution in [0, 0.1) is 0 Å². The number of nitrogens with one attached hydrogen (secondary N) is 1. The maximum absolute atomic E-state index is 3.75. The zero-order chi connectivity index (χ0) is 35.6. The van der Waals surface area contributed by atoms with Crippen molar-refractivity contribution in [2.24, 2.45) is 0 Å². The third kappa shape index (κ3) is 4.88. The van der Waals surface area contributed by atoms with Gasteiger partial charge in [-0.1, -0.05) is 152 Å². The van der Waals surface area contributed by atoms with Gasteiger partial charge in [0.1, 0.15) is 0 Å². The van der Waals surface area contributed by atoms with Crippen molar-refractivity contribution < 1.29 is 0 Å². The molecule has 0 unspecified atom stereocenters. The maximum atomic E-state index is 3.75. The lowest BCUT2D eigenvalue weighted by Gasteiger charge is -2.27. The Bertz CT molecular complexity index is 3020. The summed E-state index contributed by atoms with van der Waals surface area (Å²) >= 11 is 0. The van der Waals surface area contributed by atoms with E-state index in [0.717, 1.165) is 17.1 Å². The highest BCUT2D eigenvalue weighted by molar-refractivity contribution is 6.21. The van der Waals surface area contributed by atoms with E-state index < -0.39 is 0 Å². The summed E-state index contributed by atoms with van der Waals surface area (Å²) in [6, 6.07) is 72.8. The van der Waals surface area contributed by atoms with Gasteiger partial charge >= 0.3 is 0 Å². The molecule has 0 bridgehead atoms. The largest absolute Gasteiger partial charge is 0.354 e. The first-order chi connectivity index (χ1) is 26.8. The predicted molar refractivity (Wildman–Crippen MR) is 229 cm³/mol. The number of nitrogens with zero attached hydrogens (tertiary/aromatic N) is 1. The van der Waals surface area contributed by atoms with Gasteiger partial charge in [-0.2, -0.15) is 0 Å². The minimum Gasteiger partial charge on any atom is -0.354 e. The number of H-pyrrole nitrogens is 1. The third-order valence-electron chi connectivity index (χ3n) is 11.1. The van der Waals surface area contributed by atoms with Gasteiger partial charge in [0, 0.05) is 38.8 Å². The zero-order valence-electron chi connectivity index (χ0n) is 29.5. The van der Waals surface area contributed by atoms with Crippen molar-refractivity contribution in [2.45, 2.75) is 0 Å². The quantitative estimate of drug-likeness (QED) is 0.184. The van der Waals surface area contributed by atoms with Crippen LogP contribution in [0.4, 0.5) is 17.1 Å². The summed E-state index contributed by atoms with van der Waals surface area (Å²) in [4.78, 5) is 6.13. The Hall–Kier alpha value is -7.16. The second kappa shape index (κ2) is 12.2. The van der Waals surface area contributed by atoms with Crippen LogP contribution in [0.3, 0.4) is 0 Å². The average molecular weight is 687 g/mol. The second-order valence-electron chi connectivity index (χ2n) is 14.2. The number of aromatic amines is 1. The summed E-state index contributed by atoms with van der Waals surface area (Å²) in [7, 11) is 0. The van der Waals surface area contributed by atoms with Gasteiger partial charge in [0.05, 0.1) is 11.4 Å². The minimum atomic E-state index is 1.11. The Morgan fingerprint density at radius 2 is 0.889 bits per heavy atom. The highest BCUT2D eigenvalue weighted by Gasteiger charge is 2.25. The fraction of sp³-hybridized carbons (Fsp3) is 0. The van der Waals surface area contributed by atoms with Gasteiger partial charge in [0.2, 0.25) is 0 Å². The Morgan fingerprint density at radius 3 is 1.67 bits per heavy atom. The van der Waals surface area contributed by atoms with Crippen LogP contribution in [-0.2, 0) is 0 Å². The molecule has 0 fully saturated rings. The van der Waals surface area contributed by atoms with E-state index >= 15 is 0 Å². The first kappa shape index (κ1) is 30.5. The van der Waals surface area contributed by atoms with Gasteiger partial charge in [-0.3, -0.25) is 0 Å². The molecule has 0 atom stereocenters. The summed E-state index contributed by atoms with van der Waals surface area (Å²) in [5, 5.41) is 6.35. The van der Waals surface area contributed by atoms with E-state index in [9.17, 15) is 0 Å². The topological polar surface area (TPSA) is 19.0 Å². The highest BCUT2D eigenvalue weighted by atomic mass is 15.1. The Balaban J connectivity index is 0.962. The van der Waals surface area contributed by atoms with Crippen LogP contribution in [0.25, 0.3) is 88.2 Å². The molecule has 0 saturated heterocycles. The molecule has 11 rings (SSSR count). The molecule has 10 aromatic rings. The van der Waals surface area contributed by atoms with Gasteiger partial charge in [-0.15, -0.1) is 0 Å². The molecule has 2 heteroatoms. The number of benzene rings is 9. The number of hydrogen-bond donors (Lipinski definition) is 1. The monoisotopic (exact) mass is 686 g/mol. The standard InChI is InChI=1S/C52H34N2/c1-2-10-34(11-3-1)35-22-27-42(28-23-35)54(49-21-9-13-37-12-4-5-18-44(37)49)43-29-24-36(25-30-43)39-16-6-17-40(32-39)41-26-31-48-47(33-41)51-45-19-7-14-38-15-8-20-46(50(38)45)52(51)53-48/h1-33,53H. The SMILES string of the molecule is c1ccc(-c2ccc(N(c3ccc(-c4cccc(-c5ccc6[nH]c7c(c6c5)-c5cccc6cccc-7c56)c4)cc3)c3cccc4ccccc34)cc2)cc1. The first-order valence-electron chi connectivity index (χ1n) is 18.6. The van der Waals surface area contributed by atoms with Gasteiger partial charge in [0.25, 0.3) is 0 Å². The summed E-state index contributed by atoms with van der Waals surface area (Å²) in [5.41, 5.74) is 16.9. The lowest BCUT2D eigenvalue weighted by molar-refractivity contribution is 1.30. The lowest BCUT2D eigenvalue weighted by Crippen LogP contribution is -2.10. The van der Waals surface area contributed by atoms with Crippen LogP contribution in [0.15, 0.2) is 200 Å². The maximum Gasteiger partial charge on any atom is 0.0551 e. The normalized spacial score (nSPS) is 11.7. The number of anilines is 3. The van der Waals surface area contributed by atoms with Crippen molar-refractivity contribution in [3.63, 3.8) is 0 Å². The van der Waals surface area contributed by atoms with Crippen molar-refractivity contribution >= 4 is 49.5 Å². The van der Waals surface area contributed by atoms with Gasteiger partial charge < -0.3 is 9.88 Å². The summed E-state index contributed by atoms with van der Waals surface area (Å²) in [6.07, 6.45) is 0. The van der Waals surface area contributed by atoms with E-state index in [-0.39, 0.29) is 0 Å². The molecule has 1 N–H and O–H groups in total. The average Bonchev–Trinajstić information content (AvgIpc) is 3.78. The van der Waals surface area contributed by atoms with Crippen molar-refractivity contribution in [3.05, 3.63) is 200 Å². The minimum absolute atomic E-state index is 1.11. The smallest absolute Gasteiger partial charge is 0.0551 e. The molecule has 1 heterocycles. The Morgan fingerprint density at radius 1 is 0.352 bits per heavy atom. The van der Waals surface area contributed by atoms with Crippen LogP contribution in [0.2, 0.25) is 0 Å². The van der Waals surface area contributed by atoms with Crippen LogP contribution in [0.5, 0.6) is 0 Å². The molecule has 9 aromatic carbocycles. The van der Waals surface area contributed by atoms with Crippen molar-refractivity contribution in [3.8, 4) is 55.8 Å². The van der Waals surface area contributed by atoms with Gasteiger partial charge in [-0.05, 0) is 104 Å². The molecule has 54 heavy (non-hydrogen) atoms. The molecule has 2 nitrogen and oxygen atoms in total. The predicted octanol–water partition coefficient (Wildman–Crippen LogP) is 14.6. The molecule has 1 aliphatic rings. The molecule has 0 aliphatic heterocycles. The summed E-state index contributed by atoms with van der Waals surface area (Å²) in [5.74, 6) is 0. The first-order valence-corrected chi connectivity index (χ1v) is 18.6. The van der Waals surface area contributed by atoms with E-state index in [2.05, 4.69) is 210 Å². The fourth-order valence-electron chi connectivity index (χ4n) is 8.56. The van der Waals surface area contributed by atoms with E-state index in [1.165, 1.54) is 88.2 Å². The zero-order valence-corrected chi connectivity index (χ0v) is 29.5. The van der Waals surface area contributed by atoms with E-state index in [1.807, 2.05) is 0 Å². The third-order valence-corrected chi connectivity index (χ3v) is 11.1. The number of hydrogen-bond acceptors (Lipinski definition) is 1. The van der Waals surface area contributed by atoms with Gasteiger partial charge in [0.15, 0.2) is 0 Å². The van der Waals surface area contributed by atoms with E-state index in [1.54, 1.807) is 0 Å². The Kier molecular flexibility index (Phi) is 6.90. The number of fused-ring (bicyclic) bond motifs is 6. The number of aromatic nitrogens is 1. The molecule has 0 spiro atoms. The van der Waals surface area contributed by atoms with E-state index in [4.69, 9.17) is 0 Å². The fourth-order valence-corrected chi connectivity index (χ4v) is 8.56. The molecule has 0 saturated carbocycles. The van der Waals surface area contributed by atoms with E-state index in [0.29, 0.717) is 0 Å². The molecular formula is C52H34N2. The second-order valence-corrected chi connectivity index (χ2v) is 14.2. The van der Waals surface area contributed by atoms with Crippen molar-refractivity contribution in [2.75, 3.05) is 4.90 Å². The van der Waals surface area contributed by atoms with Crippen LogP contribution < -0.4 is 4.90 Å². The van der Waals surface area contributed by atoms with Crippen LogP contribution in [0.1, 0.15) is 0 Å². The lowest BCUT2D eigenvalue weighted by atomic mass is 9.96. The van der Waals surface area contributed by atoms with Crippen molar-refractivity contribution in [1.29, 1.82) is 0 Å². The molecule has 1 aromatic heterocycles. The van der Waals surface area contributed by atoms with Crippen molar-refractivity contribution in [1.82, 2.24) is 4.98 Å². The summed E-state index contributed by atoms with van der Waals surface area (Å²) in [6.45, 7) is 0. The molecule has 252 valence electrons. The molecule has 0 amide bonds. The molecule has 1 aliphatic carbocycles. The van der Waals surface area contributed by atoms with Crippen LogP contribution >= 0.6 is 0 Å². The van der Waals surface area contributed by atoms with Gasteiger partial charge in [-0.25, -0.2) is 0 Å². The van der Waals surface area contributed by atoms with Crippen LogP contribution in [-0.4, -0.2) is 4.98 Å². The Labute approximate surface area is 314 Å².